The third-order valence-corrected chi connectivity index (χ3v) is 4.98. The Morgan fingerprint density at radius 1 is 1.33 bits per heavy atom. The van der Waals surface area contributed by atoms with Gasteiger partial charge < -0.3 is 9.52 Å². The molecule has 1 aromatic heterocycles. The molecule has 2 heterocycles. The predicted octanol–water partition coefficient (Wildman–Crippen LogP) is 4.05. The third kappa shape index (κ3) is 3.67. The fourth-order valence-corrected chi connectivity index (χ4v) is 3.29. The van der Waals surface area contributed by atoms with Gasteiger partial charge in [-0.15, -0.1) is 0 Å². The number of likely N-dealkylation sites (tertiary alicyclic amines) is 1. The Labute approximate surface area is 142 Å². The van der Waals surface area contributed by atoms with Crippen molar-refractivity contribution >= 4 is 5.97 Å². The van der Waals surface area contributed by atoms with Crippen LogP contribution < -0.4 is 0 Å². The highest BCUT2D eigenvalue weighted by molar-refractivity contribution is 5.88. The molecule has 3 rings (SSSR count). The Balaban J connectivity index is 1.70. The summed E-state index contributed by atoms with van der Waals surface area (Å²) in [5.74, 6) is 0.383. The molecule has 128 valence electrons. The number of hydrogen-bond donors (Lipinski definition) is 1. The Morgan fingerprint density at radius 2 is 2.08 bits per heavy atom. The predicted molar refractivity (Wildman–Crippen MR) is 91.8 cm³/mol. The van der Waals surface area contributed by atoms with E-state index < -0.39 is 5.97 Å². The first kappa shape index (κ1) is 16.7. The van der Waals surface area contributed by atoms with Crippen LogP contribution in [0.2, 0.25) is 0 Å². The normalized spacial score (nSPS) is 21.8. The zero-order valence-electron chi connectivity index (χ0n) is 14.2. The molecule has 1 aromatic carbocycles. The number of carboxylic acid groups (broad SMARTS) is 1. The first-order valence-electron chi connectivity index (χ1n) is 8.59. The van der Waals surface area contributed by atoms with Crippen molar-refractivity contribution < 1.29 is 14.3 Å². The van der Waals surface area contributed by atoms with Crippen LogP contribution >= 0.6 is 0 Å². The molecule has 2 atom stereocenters. The molecule has 1 aliphatic heterocycles. The van der Waals surface area contributed by atoms with Crippen molar-refractivity contribution in [1.82, 2.24) is 9.88 Å². The van der Waals surface area contributed by atoms with Crippen LogP contribution in [0.4, 0.5) is 0 Å². The topological polar surface area (TPSA) is 66.6 Å². The fourth-order valence-electron chi connectivity index (χ4n) is 3.29. The largest absolute Gasteiger partial charge is 0.478 e. The minimum absolute atomic E-state index is 0.262. The maximum Gasteiger partial charge on any atom is 0.335 e. The molecule has 0 spiro atoms. The van der Waals surface area contributed by atoms with Crippen molar-refractivity contribution in [1.29, 1.82) is 0 Å². The van der Waals surface area contributed by atoms with Gasteiger partial charge >= 0.3 is 5.97 Å². The number of piperidine rings is 1. The number of carboxylic acids is 1. The molecule has 5 heteroatoms. The first-order chi connectivity index (χ1) is 11.6. The molecule has 0 saturated carbocycles. The van der Waals surface area contributed by atoms with Gasteiger partial charge in [-0.3, -0.25) is 4.90 Å². The van der Waals surface area contributed by atoms with Gasteiger partial charge in [-0.1, -0.05) is 13.3 Å². The van der Waals surface area contributed by atoms with Crippen LogP contribution in [-0.2, 0) is 6.54 Å². The lowest BCUT2D eigenvalue weighted by Crippen LogP contribution is -2.41. The number of rotatable bonds is 5. The van der Waals surface area contributed by atoms with Crippen LogP contribution in [0.25, 0.3) is 11.5 Å². The molecule has 1 N–H and O–H groups in total. The smallest absolute Gasteiger partial charge is 0.335 e. The fraction of sp³-hybridized carbons (Fsp3) is 0.474. The van der Waals surface area contributed by atoms with Crippen molar-refractivity contribution in [3.05, 3.63) is 41.8 Å². The number of aromatic carboxylic acids is 1. The Kier molecular flexibility index (Phi) is 5.00. The second kappa shape index (κ2) is 7.18. The molecule has 5 nitrogen and oxygen atoms in total. The standard InChI is InChI=1S/C19H24N2O3/c1-3-14-5-4-13(2)21(10-14)11-17-12-24-18(20-17)15-6-8-16(9-7-15)19(22)23/h6-9,12-14H,3-5,10-11H2,1-2H3,(H,22,23). The van der Waals surface area contributed by atoms with Crippen LogP contribution in [0, 0.1) is 5.92 Å². The highest BCUT2D eigenvalue weighted by Crippen LogP contribution is 2.26. The summed E-state index contributed by atoms with van der Waals surface area (Å²) in [6.45, 7) is 6.45. The third-order valence-electron chi connectivity index (χ3n) is 4.98. The van der Waals surface area contributed by atoms with Crippen molar-refractivity contribution in [2.45, 2.75) is 45.7 Å². The van der Waals surface area contributed by atoms with E-state index in [2.05, 4.69) is 23.7 Å². The zero-order chi connectivity index (χ0) is 17.1. The maximum atomic E-state index is 10.9. The minimum Gasteiger partial charge on any atom is -0.478 e. The highest BCUT2D eigenvalue weighted by Gasteiger charge is 2.25. The lowest BCUT2D eigenvalue weighted by molar-refractivity contribution is 0.0697. The minimum atomic E-state index is -0.931. The Bertz CT molecular complexity index is 693. The quantitative estimate of drug-likeness (QED) is 0.897. The SMILES string of the molecule is CCC1CCC(C)N(Cc2coc(-c3ccc(C(=O)O)cc3)n2)C1. The summed E-state index contributed by atoms with van der Waals surface area (Å²) < 4.78 is 5.60. The van der Waals surface area contributed by atoms with Gasteiger partial charge in [0.05, 0.1) is 11.3 Å². The molecule has 1 saturated heterocycles. The molecule has 2 aromatic rings. The summed E-state index contributed by atoms with van der Waals surface area (Å²) in [5.41, 5.74) is 1.98. The van der Waals surface area contributed by atoms with E-state index >= 15 is 0 Å². The van der Waals surface area contributed by atoms with Gasteiger partial charge in [0.15, 0.2) is 0 Å². The zero-order valence-corrected chi connectivity index (χ0v) is 14.2. The first-order valence-corrected chi connectivity index (χ1v) is 8.59. The number of oxazole rings is 1. The molecule has 24 heavy (non-hydrogen) atoms. The van der Waals surface area contributed by atoms with Crippen molar-refractivity contribution in [2.24, 2.45) is 5.92 Å². The summed E-state index contributed by atoms with van der Waals surface area (Å²) in [6.07, 6.45) is 5.49. The average Bonchev–Trinajstić information content (AvgIpc) is 3.05. The summed E-state index contributed by atoms with van der Waals surface area (Å²) >= 11 is 0. The maximum absolute atomic E-state index is 10.9. The van der Waals surface area contributed by atoms with Crippen LogP contribution in [0.3, 0.4) is 0 Å². The van der Waals surface area contributed by atoms with Gasteiger partial charge in [-0.2, -0.15) is 0 Å². The molecule has 2 unspecified atom stereocenters. The lowest BCUT2D eigenvalue weighted by Gasteiger charge is -2.37. The number of carbonyl (C=O) groups is 1. The van der Waals surface area contributed by atoms with Gasteiger partial charge in [0.2, 0.25) is 5.89 Å². The number of benzene rings is 1. The van der Waals surface area contributed by atoms with Gasteiger partial charge in [0, 0.05) is 24.7 Å². The summed E-state index contributed by atoms with van der Waals surface area (Å²) in [4.78, 5) is 18.0. The number of aromatic nitrogens is 1. The van der Waals surface area contributed by atoms with E-state index in [1.807, 2.05) is 0 Å². The molecule has 1 fully saturated rings. The van der Waals surface area contributed by atoms with E-state index in [1.54, 1.807) is 30.5 Å². The summed E-state index contributed by atoms with van der Waals surface area (Å²) in [6, 6.07) is 7.17. The van der Waals surface area contributed by atoms with E-state index in [0.717, 1.165) is 30.3 Å². The summed E-state index contributed by atoms with van der Waals surface area (Å²) in [7, 11) is 0. The van der Waals surface area contributed by atoms with Crippen LogP contribution in [0.5, 0.6) is 0 Å². The van der Waals surface area contributed by atoms with Crippen molar-refractivity contribution in [3.8, 4) is 11.5 Å². The highest BCUT2D eigenvalue weighted by atomic mass is 16.4. The molecular weight excluding hydrogens is 304 g/mol. The van der Waals surface area contributed by atoms with Crippen molar-refractivity contribution in [3.63, 3.8) is 0 Å². The van der Waals surface area contributed by atoms with Crippen LogP contribution in [0.1, 0.15) is 49.2 Å². The van der Waals surface area contributed by atoms with Gasteiger partial charge in [0.25, 0.3) is 0 Å². The van der Waals surface area contributed by atoms with Gasteiger partial charge in [0.1, 0.15) is 6.26 Å². The number of hydrogen-bond acceptors (Lipinski definition) is 4. The second-order valence-electron chi connectivity index (χ2n) is 6.66. The molecule has 0 bridgehead atoms. The van der Waals surface area contributed by atoms with E-state index in [9.17, 15) is 4.79 Å². The molecular formula is C19H24N2O3. The monoisotopic (exact) mass is 328 g/mol. The van der Waals surface area contributed by atoms with E-state index in [4.69, 9.17) is 9.52 Å². The summed E-state index contributed by atoms with van der Waals surface area (Å²) in [5, 5.41) is 8.95. The van der Waals surface area contributed by atoms with Crippen LogP contribution in [-0.4, -0.2) is 33.5 Å². The van der Waals surface area contributed by atoms with E-state index in [-0.39, 0.29) is 5.56 Å². The van der Waals surface area contributed by atoms with Crippen LogP contribution in [0.15, 0.2) is 34.9 Å². The Hall–Kier alpha value is -2.14. The van der Waals surface area contributed by atoms with Gasteiger partial charge in [-0.25, -0.2) is 9.78 Å². The molecule has 0 amide bonds. The van der Waals surface area contributed by atoms with E-state index in [1.165, 1.54) is 19.3 Å². The van der Waals surface area contributed by atoms with Gasteiger partial charge in [-0.05, 0) is 49.9 Å². The van der Waals surface area contributed by atoms with Crippen molar-refractivity contribution in [2.75, 3.05) is 6.54 Å². The second-order valence-corrected chi connectivity index (χ2v) is 6.66. The molecule has 1 aliphatic rings. The average molecular weight is 328 g/mol. The molecule has 0 radical (unpaired) electrons. The lowest BCUT2D eigenvalue weighted by atomic mass is 9.91. The molecule has 0 aliphatic carbocycles. The van der Waals surface area contributed by atoms with E-state index in [0.29, 0.717) is 11.9 Å². The Morgan fingerprint density at radius 3 is 2.75 bits per heavy atom. The number of nitrogens with zero attached hydrogens (tertiary/aromatic N) is 2.